The van der Waals surface area contributed by atoms with Crippen molar-refractivity contribution in [2.45, 2.75) is 59.5 Å². The molecule has 1 aromatic heterocycles. The largest absolute Gasteiger partial charge is 0.478 e. The highest BCUT2D eigenvalue weighted by Gasteiger charge is 2.19. The van der Waals surface area contributed by atoms with Crippen LogP contribution < -0.4 is 5.32 Å². The Morgan fingerprint density at radius 2 is 2.06 bits per heavy atom. The number of carbonyl (C=O) groups is 2. The molecule has 1 unspecified atom stereocenters. The Kier molecular flexibility index (Phi) is 9.91. The molecule has 0 aliphatic heterocycles. The summed E-state index contributed by atoms with van der Waals surface area (Å²) in [6.45, 7) is 7.21. The van der Waals surface area contributed by atoms with Crippen molar-refractivity contribution in [3.05, 3.63) is 52.1 Å². The number of nitrogens with one attached hydrogen (secondary N) is 1. The first-order valence-electron chi connectivity index (χ1n) is 10.7. The number of halogens is 1. The summed E-state index contributed by atoms with van der Waals surface area (Å²) < 4.78 is 2.08. The molecule has 170 valence electrons. The third-order valence-corrected chi connectivity index (χ3v) is 5.92. The summed E-state index contributed by atoms with van der Waals surface area (Å²) >= 11 is 10.5. The lowest BCUT2D eigenvalue weighted by Gasteiger charge is -2.18. The van der Waals surface area contributed by atoms with Crippen molar-refractivity contribution in [3.63, 3.8) is 0 Å². The Bertz CT molecular complexity index is 898. The van der Waals surface area contributed by atoms with Crippen molar-refractivity contribution >= 4 is 36.1 Å². The van der Waals surface area contributed by atoms with Crippen LogP contribution in [-0.2, 0) is 24.3 Å². The van der Waals surface area contributed by atoms with Crippen LogP contribution in [0.2, 0.25) is 5.02 Å². The number of carboxylic acid groups (broad SMARTS) is 1. The normalized spacial score (nSPS) is 12.2. The second kappa shape index (κ2) is 12.2. The number of imidazole rings is 1. The van der Waals surface area contributed by atoms with Gasteiger partial charge in [-0.3, -0.25) is 4.79 Å². The number of unbranched alkanes of at least 4 members (excludes halogenated alkanes) is 1. The van der Waals surface area contributed by atoms with Crippen molar-refractivity contribution in [2.75, 3.05) is 5.75 Å². The van der Waals surface area contributed by atoms with Gasteiger partial charge in [0.05, 0.1) is 29.0 Å². The highest BCUT2D eigenvalue weighted by Crippen LogP contribution is 2.20. The predicted molar refractivity (Wildman–Crippen MR) is 127 cm³/mol. The van der Waals surface area contributed by atoms with E-state index in [4.69, 9.17) is 11.6 Å². The van der Waals surface area contributed by atoms with E-state index in [1.807, 2.05) is 0 Å². The Balaban J connectivity index is 2.21. The number of nitrogens with zero attached hydrogens (tertiary/aromatic N) is 2. The van der Waals surface area contributed by atoms with Gasteiger partial charge in [-0.05, 0) is 36.5 Å². The van der Waals surface area contributed by atoms with Gasteiger partial charge in [0.15, 0.2) is 0 Å². The fraction of sp³-hybridized carbons (Fsp3) is 0.522. The first-order chi connectivity index (χ1) is 14.8. The minimum Gasteiger partial charge on any atom is -0.478 e. The van der Waals surface area contributed by atoms with Crippen LogP contribution >= 0.6 is 24.2 Å². The zero-order chi connectivity index (χ0) is 23.0. The van der Waals surface area contributed by atoms with E-state index >= 15 is 0 Å². The van der Waals surface area contributed by atoms with Crippen molar-refractivity contribution in [3.8, 4) is 0 Å². The Morgan fingerprint density at radius 1 is 1.32 bits per heavy atom. The van der Waals surface area contributed by atoms with Gasteiger partial charge in [0.25, 0.3) is 0 Å². The highest BCUT2D eigenvalue weighted by molar-refractivity contribution is 7.80. The maximum Gasteiger partial charge on any atom is 0.337 e. The van der Waals surface area contributed by atoms with E-state index < -0.39 is 5.97 Å². The number of aromatic nitrogens is 2. The van der Waals surface area contributed by atoms with Gasteiger partial charge in [0, 0.05) is 24.6 Å². The molecule has 31 heavy (non-hydrogen) atoms. The topological polar surface area (TPSA) is 84.2 Å². The van der Waals surface area contributed by atoms with Gasteiger partial charge in [-0.1, -0.05) is 44.9 Å². The fourth-order valence-corrected chi connectivity index (χ4v) is 4.09. The predicted octanol–water partition coefficient (Wildman–Crippen LogP) is 4.83. The van der Waals surface area contributed by atoms with Gasteiger partial charge in [-0.2, -0.15) is 12.6 Å². The van der Waals surface area contributed by atoms with Gasteiger partial charge in [-0.15, -0.1) is 0 Å². The van der Waals surface area contributed by atoms with E-state index in [9.17, 15) is 14.7 Å². The Labute approximate surface area is 194 Å². The SMILES string of the molecule is CCCCc1ncc(CNC(=O)C(CS)CC(C)C)n1Cc1ccc(C(=O)O)c(Cl)c1. The zero-order valence-corrected chi connectivity index (χ0v) is 20.0. The minimum atomic E-state index is -1.05. The van der Waals surface area contributed by atoms with E-state index in [0.29, 0.717) is 24.8 Å². The van der Waals surface area contributed by atoms with E-state index in [1.54, 1.807) is 18.3 Å². The number of hydrogen-bond donors (Lipinski definition) is 3. The standard InChI is InChI=1S/C23H32ClN3O3S/c1-4-5-6-21-25-11-18(12-26-22(28)17(14-31)9-15(2)3)27(21)13-16-7-8-19(23(29)30)20(24)10-16/h7-8,10-11,15,17,31H,4-6,9,12-14H2,1-3H3,(H,26,28)(H,29,30). The van der Waals surface area contributed by atoms with E-state index in [-0.39, 0.29) is 22.4 Å². The molecule has 1 aromatic carbocycles. The summed E-state index contributed by atoms with van der Waals surface area (Å²) in [5.74, 6) is 0.706. The molecule has 0 fully saturated rings. The van der Waals surface area contributed by atoms with Crippen LogP contribution in [0.15, 0.2) is 24.4 Å². The molecule has 0 saturated carbocycles. The summed E-state index contributed by atoms with van der Waals surface area (Å²) in [5, 5.41) is 12.4. The van der Waals surface area contributed by atoms with Crippen LogP contribution in [0.4, 0.5) is 0 Å². The molecule has 1 atom stereocenters. The third-order valence-electron chi connectivity index (χ3n) is 5.17. The van der Waals surface area contributed by atoms with Crippen molar-refractivity contribution in [2.24, 2.45) is 11.8 Å². The second-order valence-corrected chi connectivity index (χ2v) is 8.97. The van der Waals surface area contributed by atoms with E-state index in [2.05, 4.69) is 48.3 Å². The molecule has 1 heterocycles. The summed E-state index contributed by atoms with van der Waals surface area (Å²) in [5.41, 5.74) is 1.87. The molecule has 0 aliphatic rings. The number of aryl methyl sites for hydroxylation is 1. The van der Waals surface area contributed by atoms with Crippen molar-refractivity contribution < 1.29 is 14.7 Å². The second-order valence-electron chi connectivity index (χ2n) is 8.20. The molecule has 8 heteroatoms. The summed E-state index contributed by atoms with van der Waals surface area (Å²) in [6, 6.07) is 4.96. The lowest BCUT2D eigenvalue weighted by molar-refractivity contribution is -0.124. The number of amides is 1. The minimum absolute atomic E-state index is 0.000383. The number of carbonyl (C=O) groups excluding carboxylic acids is 1. The van der Waals surface area contributed by atoms with E-state index in [0.717, 1.165) is 42.8 Å². The fourth-order valence-electron chi connectivity index (χ4n) is 3.49. The first-order valence-corrected chi connectivity index (χ1v) is 11.7. The van der Waals surface area contributed by atoms with Crippen LogP contribution in [0, 0.1) is 11.8 Å². The van der Waals surface area contributed by atoms with Gasteiger partial charge >= 0.3 is 5.97 Å². The molecule has 2 rings (SSSR count). The van der Waals surface area contributed by atoms with Gasteiger partial charge in [-0.25, -0.2) is 9.78 Å². The van der Waals surface area contributed by atoms with Gasteiger partial charge < -0.3 is 15.0 Å². The molecule has 0 spiro atoms. The molecule has 1 amide bonds. The maximum absolute atomic E-state index is 12.6. The number of carboxylic acids is 1. The molecule has 0 radical (unpaired) electrons. The number of benzene rings is 1. The molecule has 0 saturated heterocycles. The lowest BCUT2D eigenvalue weighted by atomic mass is 9.98. The quantitative estimate of drug-likeness (QED) is 0.392. The average Bonchev–Trinajstić information content (AvgIpc) is 3.09. The van der Waals surface area contributed by atoms with Gasteiger partial charge in [0.2, 0.25) is 5.91 Å². The molecular formula is C23H32ClN3O3S. The smallest absolute Gasteiger partial charge is 0.337 e. The van der Waals surface area contributed by atoms with Crippen LogP contribution in [0.25, 0.3) is 0 Å². The summed E-state index contributed by atoms with van der Waals surface area (Å²) in [7, 11) is 0. The van der Waals surface area contributed by atoms with Gasteiger partial charge in [0.1, 0.15) is 5.82 Å². The third kappa shape index (κ3) is 7.28. The number of aromatic carboxylic acids is 1. The zero-order valence-electron chi connectivity index (χ0n) is 18.4. The summed E-state index contributed by atoms with van der Waals surface area (Å²) in [6.07, 6.45) is 5.49. The first kappa shape index (κ1) is 25.3. The molecular weight excluding hydrogens is 434 g/mol. The van der Waals surface area contributed by atoms with Crippen LogP contribution in [0.3, 0.4) is 0 Å². The number of rotatable bonds is 12. The van der Waals surface area contributed by atoms with Crippen molar-refractivity contribution in [1.82, 2.24) is 14.9 Å². The Morgan fingerprint density at radius 3 is 2.65 bits per heavy atom. The highest BCUT2D eigenvalue weighted by atomic mass is 35.5. The van der Waals surface area contributed by atoms with Crippen LogP contribution in [0.1, 0.15) is 67.5 Å². The average molecular weight is 466 g/mol. The molecule has 2 aromatic rings. The summed E-state index contributed by atoms with van der Waals surface area (Å²) in [4.78, 5) is 28.4. The van der Waals surface area contributed by atoms with Crippen molar-refractivity contribution in [1.29, 1.82) is 0 Å². The molecule has 0 aliphatic carbocycles. The van der Waals surface area contributed by atoms with Crippen LogP contribution in [-0.4, -0.2) is 32.3 Å². The molecule has 6 nitrogen and oxygen atoms in total. The molecule has 2 N–H and O–H groups in total. The number of thiol groups is 1. The van der Waals surface area contributed by atoms with Crippen LogP contribution in [0.5, 0.6) is 0 Å². The monoisotopic (exact) mass is 465 g/mol. The van der Waals surface area contributed by atoms with E-state index in [1.165, 1.54) is 6.07 Å². The number of hydrogen-bond acceptors (Lipinski definition) is 4. The Hall–Kier alpha value is -1.99. The maximum atomic E-state index is 12.6. The lowest BCUT2D eigenvalue weighted by Crippen LogP contribution is -2.32. The molecule has 0 bridgehead atoms.